The van der Waals surface area contributed by atoms with Gasteiger partial charge in [-0.15, -0.1) is 0 Å². The van der Waals surface area contributed by atoms with Gasteiger partial charge in [0.1, 0.15) is 0 Å². The Balaban J connectivity index is 2.16. The normalized spacial score (nSPS) is 22.9. The van der Waals surface area contributed by atoms with Crippen molar-refractivity contribution in [1.29, 1.82) is 0 Å². The maximum atomic E-state index is 12.3. The second-order valence-electron chi connectivity index (χ2n) is 5.05. The van der Waals surface area contributed by atoms with Gasteiger partial charge in [0.15, 0.2) is 5.78 Å². The lowest BCUT2D eigenvalue weighted by Crippen LogP contribution is -2.39. The van der Waals surface area contributed by atoms with Crippen LogP contribution in [-0.4, -0.2) is 36.0 Å². The molecular weight excluding hydrogens is 310 g/mol. The first-order valence-corrected chi connectivity index (χ1v) is 9.90. The molecule has 1 aliphatic heterocycles. The summed E-state index contributed by atoms with van der Waals surface area (Å²) in [5.74, 6) is 0.975. The van der Waals surface area contributed by atoms with Crippen molar-refractivity contribution in [2.45, 2.75) is 37.1 Å². The topological polar surface area (TPSA) is 80.3 Å². The summed E-state index contributed by atoms with van der Waals surface area (Å²) in [6.45, 7) is 1.74. The van der Waals surface area contributed by atoms with Crippen LogP contribution in [0.25, 0.3) is 0 Å². The summed E-state index contributed by atoms with van der Waals surface area (Å²) < 4.78 is 38.6. The number of hydrogen-bond acceptors (Lipinski definition) is 4. The van der Waals surface area contributed by atoms with Crippen LogP contribution in [0.2, 0.25) is 0 Å². The van der Waals surface area contributed by atoms with Gasteiger partial charge < -0.3 is 0 Å². The number of ketones is 1. The maximum absolute atomic E-state index is 12.3. The number of carbonyl (C=O) groups excluding carboxylic acids is 1. The molecule has 0 bridgehead atoms. The molecule has 21 heavy (non-hydrogen) atoms. The largest absolute Gasteiger partial charge is 0.294 e. The van der Waals surface area contributed by atoms with E-state index in [0.29, 0.717) is 36.3 Å². The van der Waals surface area contributed by atoms with Gasteiger partial charge in [0.2, 0.25) is 10.0 Å². The predicted octanol–water partition coefficient (Wildman–Crippen LogP) is 1.47. The van der Waals surface area contributed by atoms with E-state index < -0.39 is 20.8 Å². The third kappa shape index (κ3) is 4.21. The zero-order valence-corrected chi connectivity index (χ0v) is 13.5. The van der Waals surface area contributed by atoms with Crippen molar-refractivity contribution in [2.75, 3.05) is 11.5 Å². The molecule has 1 saturated heterocycles. The summed E-state index contributed by atoms with van der Waals surface area (Å²) in [4.78, 5) is 11.8. The Labute approximate surface area is 127 Å². The fourth-order valence-electron chi connectivity index (χ4n) is 2.24. The highest BCUT2D eigenvalue weighted by Gasteiger charge is 2.24. The monoisotopic (exact) mass is 329 g/mol. The van der Waals surface area contributed by atoms with Crippen LogP contribution in [0.3, 0.4) is 0 Å². The Morgan fingerprint density at radius 1 is 1.33 bits per heavy atom. The van der Waals surface area contributed by atoms with Crippen molar-refractivity contribution in [2.24, 2.45) is 0 Å². The van der Waals surface area contributed by atoms with Crippen molar-refractivity contribution in [3.8, 4) is 0 Å². The van der Waals surface area contributed by atoms with Crippen LogP contribution in [0.15, 0.2) is 29.2 Å². The molecule has 0 radical (unpaired) electrons. The van der Waals surface area contributed by atoms with Crippen LogP contribution in [0.5, 0.6) is 0 Å². The highest BCUT2D eigenvalue weighted by atomic mass is 32.2. The molecule has 7 heteroatoms. The van der Waals surface area contributed by atoms with Gasteiger partial charge in [0, 0.05) is 40.3 Å². The van der Waals surface area contributed by atoms with Crippen molar-refractivity contribution in [1.82, 2.24) is 4.72 Å². The van der Waals surface area contributed by atoms with Crippen molar-refractivity contribution < 1.29 is 17.4 Å². The molecular formula is C14H19NO4S2. The van der Waals surface area contributed by atoms with E-state index >= 15 is 0 Å². The number of hydrogen-bond donors (Lipinski definition) is 1. The lowest BCUT2D eigenvalue weighted by molar-refractivity contribution is 0.0988. The molecule has 0 unspecified atom stereocenters. The van der Waals surface area contributed by atoms with Crippen LogP contribution < -0.4 is 4.72 Å². The molecule has 0 amide bonds. The Morgan fingerprint density at radius 2 is 2.00 bits per heavy atom. The fourth-order valence-corrected chi connectivity index (χ4v) is 4.89. The van der Waals surface area contributed by atoms with E-state index in [0.717, 1.165) is 0 Å². The molecule has 1 aromatic rings. The first-order valence-electron chi connectivity index (χ1n) is 6.93. The van der Waals surface area contributed by atoms with E-state index in [1.54, 1.807) is 19.1 Å². The molecule has 1 heterocycles. The van der Waals surface area contributed by atoms with Gasteiger partial charge in [0.25, 0.3) is 0 Å². The van der Waals surface area contributed by atoms with Crippen LogP contribution in [0.4, 0.5) is 0 Å². The lowest BCUT2D eigenvalue weighted by atomic mass is 10.1. The van der Waals surface area contributed by atoms with Crippen molar-refractivity contribution in [3.05, 3.63) is 29.8 Å². The van der Waals surface area contributed by atoms with Crippen LogP contribution in [0.1, 0.15) is 36.5 Å². The van der Waals surface area contributed by atoms with Gasteiger partial charge in [-0.2, -0.15) is 0 Å². The Kier molecular flexibility index (Phi) is 5.29. The zero-order chi connectivity index (χ0) is 15.5. The SMILES string of the molecule is CCC(=O)c1cccc(S(=O)(=O)NC2CCS(=O)CC2)c1. The molecule has 1 aliphatic rings. The molecule has 0 aliphatic carbocycles. The average Bonchev–Trinajstić information content (AvgIpc) is 2.49. The predicted molar refractivity (Wildman–Crippen MR) is 82.3 cm³/mol. The third-order valence-corrected chi connectivity index (χ3v) is 6.40. The number of sulfonamides is 1. The molecule has 1 N–H and O–H groups in total. The zero-order valence-electron chi connectivity index (χ0n) is 11.9. The molecule has 1 aromatic carbocycles. The van der Waals surface area contributed by atoms with E-state index in [4.69, 9.17) is 0 Å². The first-order chi connectivity index (χ1) is 9.92. The van der Waals surface area contributed by atoms with Gasteiger partial charge in [-0.3, -0.25) is 9.00 Å². The second kappa shape index (κ2) is 6.81. The minimum Gasteiger partial charge on any atom is -0.294 e. The van der Waals surface area contributed by atoms with Gasteiger partial charge in [-0.25, -0.2) is 13.1 Å². The third-order valence-electron chi connectivity index (χ3n) is 3.50. The minimum absolute atomic E-state index is 0.0832. The van der Waals surface area contributed by atoms with E-state index in [9.17, 15) is 17.4 Å². The Morgan fingerprint density at radius 3 is 2.62 bits per heavy atom. The minimum atomic E-state index is -3.64. The summed E-state index contributed by atoms with van der Waals surface area (Å²) in [6.07, 6.45) is 1.50. The summed E-state index contributed by atoms with van der Waals surface area (Å²) in [7, 11) is -4.47. The smallest absolute Gasteiger partial charge is 0.240 e. The van der Waals surface area contributed by atoms with Gasteiger partial charge >= 0.3 is 0 Å². The number of carbonyl (C=O) groups is 1. The molecule has 5 nitrogen and oxygen atoms in total. The van der Waals surface area contributed by atoms with Crippen LogP contribution >= 0.6 is 0 Å². The molecule has 1 fully saturated rings. The first kappa shape index (κ1) is 16.3. The number of nitrogens with one attached hydrogen (secondary N) is 1. The van der Waals surface area contributed by atoms with E-state index in [1.165, 1.54) is 12.1 Å². The van der Waals surface area contributed by atoms with Gasteiger partial charge in [0.05, 0.1) is 4.90 Å². The summed E-state index contributed by atoms with van der Waals surface area (Å²) in [5, 5.41) is 0. The number of rotatable bonds is 5. The van der Waals surface area contributed by atoms with E-state index in [1.807, 2.05) is 0 Å². The van der Waals surface area contributed by atoms with Crippen LogP contribution in [0, 0.1) is 0 Å². The average molecular weight is 329 g/mol. The molecule has 0 aromatic heterocycles. The van der Waals surface area contributed by atoms with E-state index in [2.05, 4.69) is 4.72 Å². The molecule has 2 rings (SSSR count). The quantitative estimate of drug-likeness (QED) is 0.830. The lowest BCUT2D eigenvalue weighted by Gasteiger charge is -2.22. The van der Waals surface area contributed by atoms with E-state index in [-0.39, 0.29) is 16.7 Å². The molecule has 116 valence electrons. The molecule has 0 atom stereocenters. The Bertz CT molecular complexity index is 645. The number of Topliss-reactive ketones (excluding diaryl/α,β-unsaturated/α-hetero) is 1. The Hall–Kier alpha value is -1.05. The molecule has 0 spiro atoms. The summed E-state index contributed by atoms with van der Waals surface area (Å²) in [6, 6.07) is 5.91. The summed E-state index contributed by atoms with van der Waals surface area (Å²) in [5.41, 5.74) is 0.408. The van der Waals surface area contributed by atoms with Crippen LogP contribution in [-0.2, 0) is 20.8 Å². The highest BCUT2D eigenvalue weighted by Crippen LogP contribution is 2.16. The standard InChI is InChI=1S/C14H19NO4S2/c1-2-14(16)11-4-3-5-13(10-11)21(18,19)15-12-6-8-20(17)9-7-12/h3-5,10,12,15H,2,6-9H2,1H3. The summed E-state index contributed by atoms with van der Waals surface area (Å²) >= 11 is 0. The van der Waals surface area contributed by atoms with Gasteiger partial charge in [-0.05, 0) is 25.0 Å². The molecule has 0 saturated carbocycles. The van der Waals surface area contributed by atoms with Gasteiger partial charge in [-0.1, -0.05) is 19.1 Å². The highest BCUT2D eigenvalue weighted by molar-refractivity contribution is 7.89. The van der Waals surface area contributed by atoms with Crippen molar-refractivity contribution in [3.63, 3.8) is 0 Å². The maximum Gasteiger partial charge on any atom is 0.240 e. The fraction of sp³-hybridized carbons (Fsp3) is 0.500. The number of benzene rings is 1. The second-order valence-corrected chi connectivity index (χ2v) is 8.46. The van der Waals surface area contributed by atoms with Crippen molar-refractivity contribution >= 4 is 26.6 Å².